The summed E-state index contributed by atoms with van der Waals surface area (Å²) < 4.78 is 139. The Bertz CT molecular complexity index is 730. The molecule has 0 aromatic rings. The maximum Gasteiger partial charge on any atom is 0.466 e. The highest BCUT2D eigenvalue weighted by atomic mass is 32.2. The predicted molar refractivity (Wildman–Crippen MR) is 71.2 cm³/mol. The summed E-state index contributed by atoms with van der Waals surface area (Å²) in [6.07, 6.45) is -11.9. The standard InChI is InChI=1S/C11H11F8NO7S/c1-3-20-7(22)9(11(17,18)19,26-4-8(12,13)28(23,24)25)27-6(21)5(2)10(14,15)16/h2-4H2,1H3,(H,20,22)(H,23,24,25). The summed E-state index contributed by atoms with van der Waals surface area (Å²) in [6, 6.07) is 0. The number of amides is 1. The van der Waals surface area contributed by atoms with Gasteiger partial charge in [0, 0.05) is 6.54 Å². The number of nitrogens with one attached hydrogen (secondary N) is 1. The van der Waals surface area contributed by atoms with Crippen molar-refractivity contribution in [3.63, 3.8) is 0 Å². The average molecular weight is 453 g/mol. The van der Waals surface area contributed by atoms with E-state index in [1.807, 2.05) is 0 Å². The summed E-state index contributed by atoms with van der Waals surface area (Å²) in [6.45, 7) is -0.501. The maximum absolute atomic E-state index is 13.3. The van der Waals surface area contributed by atoms with E-state index >= 15 is 0 Å². The van der Waals surface area contributed by atoms with Crippen molar-refractivity contribution < 1.29 is 67.2 Å². The van der Waals surface area contributed by atoms with Gasteiger partial charge in [0.1, 0.15) is 12.2 Å². The number of carbonyl (C=O) groups is 2. The Morgan fingerprint density at radius 3 is 1.86 bits per heavy atom. The van der Waals surface area contributed by atoms with Gasteiger partial charge in [-0.2, -0.15) is 43.5 Å². The van der Waals surface area contributed by atoms with Crippen molar-refractivity contribution in [2.75, 3.05) is 13.2 Å². The zero-order valence-corrected chi connectivity index (χ0v) is 14.3. The fraction of sp³-hybridized carbons (Fsp3) is 0.636. The third-order valence-corrected chi connectivity index (χ3v) is 3.53. The van der Waals surface area contributed by atoms with Gasteiger partial charge in [-0.05, 0) is 6.92 Å². The van der Waals surface area contributed by atoms with Crippen LogP contribution in [0.15, 0.2) is 12.2 Å². The lowest BCUT2D eigenvalue weighted by Gasteiger charge is -2.33. The number of alkyl halides is 8. The summed E-state index contributed by atoms with van der Waals surface area (Å²) in [5, 5.41) is -4.13. The molecule has 0 saturated carbocycles. The number of rotatable bonds is 8. The molecule has 1 unspecified atom stereocenters. The highest BCUT2D eigenvalue weighted by Gasteiger charge is 2.68. The van der Waals surface area contributed by atoms with Gasteiger partial charge in [0.05, 0.1) is 0 Å². The van der Waals surface area contributed by atoms with Crippen molar-refractivity contribution in [1.29, 1.82) is 0 Å². The van der Waals surface area contributed by atoms with Crippen molar-refractivity contribution in [1.82, 2.24) is 5.32 Å². The summed E-state index contributed by atoms with van der Waals surface area (Å²) in [5.41, 5.74) is -2.56. The van der Waals surface area contributed by atoms with E-state index in [-0.39, 0.29) is 0 Å². The molecule has 0 bridgehead atoms. The minimum Gasteiger partial charge on any atom is -0.412 e. The van der Waals surface area contributed by atoms with Crippen molar-refractivity contribution in [3.8, 4) is 0 Å². The van der Waals surface area contributed by atoms with Crippen LogP contribution in [0.2, 0.25) is 0 Å². The fourth-order valence-electron chi connectivity index (χ4n) is 1.25. The van der Waals surface area contributed by atoms with Crippen LogP contribution in [-0.2, 0) is 29.2 Å². The monoisotopic (exact) mass is 453 g/mol. The molecule has 164 valence electrons. The van der Waals surface area contributed by atoms with Crippen LogP contribution in [0, 0.1) is 0 Å². The number of esters is 1. The largest absolute Gasteiger partial charge is 0.466 e. The normalized spacial score (nSPS) is 15.5. The summed E-state index contributed by atoms with van der Waals surface area (Å²) in [4.78, 5) is 23.0. The van der Waals surface area contributed by atoms with E-state index in [1.165, 1.54) is 5.32 Å². The van der Waals surface area contributed by atoms with E-state index in [0.29, 0.717) is 0 Å². The molecule has 0 rings (SSSR count). The Labute approximate surface area is 151 Å². The molecule has 0 radical (unpaired) electrons. The van der Waals surface area contributed by atoms with E-state index < -0.39 is 64.1 Å². The Morgan fingerprint density at radius 1 is 1.07 bits per heavy atom. The van der Waals surface area contributed by atoms with Crippen molar-refractivity contribution in [2.24, 2.45) is 0 Å². The Morgan fingerprint density at radius 2 is 1.54 bits per heavy atom. The van der Waals surface area contributed by atoms with E-state index in [4.69, 9.17) is 4.55 Å². The molecule has 0 aliphatic rings. The topological polar surface area (TPSA) is 119 Å². The average Bonchev–Trinajstić information content (AvgIpc) is 2.47. The second-order valence-electron chi connectivity index (χ2n) is 4.74. The molecule has 0 aromatic carbocycles. The third kappa shape index (κ3) is 5.74. The highest BCUT2D eigenvalue weighted by molar-refractivity contribution is 7.86. The predicted octanol–water partition coefficient (Wildman–Crippen LogP) is 1.54. The van der Waals surface area contributed by atoms with Gasteiger partial charge in [-0.1, -0.05) is 6.58 Å². The smallest absolute Gasteiger partial charge is 0.412 e. The molecule has 28 heavy (non-hydrogen) atoms. The van der Waals surface area contributed by atoms with E-state index in [2.05, 4.69) is 16.1 Å². The van der Waals surface area contributed by atoms with Crippen molar-refractivity contribution in [2.45, 2.75) is 30.3 Å². The first-order valence-corrected chi connectivity index (χ1v) is 8.00. The van der Waals surface area contributed by atoms with Gasteiger partial charge in [-0.25, -0.2) is 4.79 Å². The first kappa shape index (κ1) is 26.0. The van der Waals surface area contributed by atoms with Gasteiger partial charge in [0.15, 0.2) is 0 Å². The quantitative estimate of drug-likeness (QED) is 0.188. The van der Waals surface area contributed by atoms with Gasteiger partial charge in [0.25, 0.3) is 0 Å². The van der Waals surface area contributed by atoms with Gasteiger partial charge in [-0.15, -0.1) is 0 Å². The summed E-state index contributed by atoms with van der Waals surface area (Å²) in [5.74, 6) is -10.6. The SMILES string of the molecule is C=C(C(=O)OC(OCC(F)(F)S(=O)(=O)O)(C(=O)NCC)C(F)(F)F)C(F)(F)F. The molecule has 0 fully saturated rings. The lowest BCUT2D eigenvalue weighted by atomic mass is 10.2. The number of hydrogen-bond acceptors (Lipinski definition) is 6. The molecule has 8 nitrogen and oxygen atoms in total. The molecular weight excluding hydrogens is 442 g/mol. The van der Waals surface area contributed by atoms with Crippen LogP contribution in [0.4, 0.5) is 35.1 Å². The summed E-state index contributed by atoms with van der Waals surface area (Å²) in [7, 11) is -6.37. The first-order chi connectivity index (χ1) is 12.2. The zero-order chi connectivity index (χ0) is 22.8. The molecular formula is C11H11F8NO7S. The minimum atomic E-state index is -6.37. The van der Waals surface area contributed by atoms with Crippen molar-refractivity contribution >= 4 is 22.0 Å². The van der Waals surface area contributed by atoms with E-state index in [0.717, 1.165) is 6.92 Å². The molecule has 0 aliphatic heterocycles. The van der Waals surface area contributed by atoms with Crippen LogP contribution in [-0.4, -0.2) is 61.4 Å². The van der Waals surface area contributed by atoms with Gasteiger partial charge in [0.2, 0.25) is 0 Å². The molecule has 2 N–H and O–H groups in total. The van der Waals surface area contributed by atoms with Crippen LogP contribution in [0.5, 0.6) is 0 Å². The van der Waals surface area contributed by atoms with Gasteiger partial charge >= 0.3 is 45.4 Å². The molecule has 1 amide bonds. The lowest BCUT2D eigenvalue weighted by molar-refractivity contribution is -0.353. The van der Waals surface area contributed by atoms with E-state index in [9.17, 15) is 53.1 Å². The number of likely N-dealkylation sites (N-methyl/N-ethyl adjacent to an activating group) is 1. The number of hydrogen-bond donors (Lipinski definition) is 2. The van der Waals surface area contributed by atoms with Crippen LogP contribution >= 0.6 is 0 Å². The second kappa shape index (κ2) is 8.16. The van der Waals surface area contributed by atoms with Crippen LogP contribution in [0.25, 0.3) is 0 Å². The molecule has 17 heteroatoms. The molecule has 0 heterocycles. The Hall–Kier alpha value is -2.01. The van der Waals surface area contributed by atoms with E-state index in [1.54, 1.807) is 0 Å². The number of halogens is 8. The van der Waals surface area contributed by atoms with Crippen LogP contribution in [0.3, 0.4) is 0 Å². The minimum absolute atomic E-state index is 0.674. The van der Waals surface area contributed by atoms with Crippen LogP contribution in [0.1, 0.15) is 6.92 Å². The zero-order valence-electron chi connectivity index (χ0n) is 13.4. The maximum atomic E-state index is 13.3. The first-order valence-electron chi connectivity index (χ1n) is 6.56. The molecule has 0 saturated heterocycles. The highest BCUT2D eigenvalue weighted by Crippen LogP contribution is 2.39. The molecule has 1 atom stereocenters. The molecule has 0 spiro atoms. The third-order valence-electron chi connectivity index (χ3n) is 2.66. The lowest BCUT2D eigenvalue weighted by Crippen LogP contribution is -2.62. The number of ether oxygens (including phenoxy) is 2. The van der Waals surface area contributed by atoms with Gasteiger partial charge < -0.3 is 14.8 Å². The second-order valence-corrected chi connectivity index (χ2v) is 6.29. The van der Waals surface area contributed by atoms with Gasteiger partial charge in [-0.3, -0.25) is 9.35 Å². The van der Waals surface area contributed by atoms with Crippen LogP contribution < -0.4 is 5.32 Å². The Kier molecular flexibility index (Phi) is 7.57. The molecule has 0 aliphatic carbocycles. The number of carbonyl (C=O) groups excluding carboxylic acids is 2. The fourth-order valence-corrected chi connectivity index (χ4v) is 1.46. The molecule has 0 aromatic heterocycles. The Balaban J connectivity index is 6.24. The van der Waals surface area contributed by atoms with Crippen molar-refractivity contribution in [3.05, 3.63) is 12.2 Å². The summed E-state index contributed by atoms with van der Waals surface area (Å²) >= 11 is 0.